The van der Waals surface area contributed by atoms with Crippen molar-refractivity contribution in [2.24, 2.45) is 0 Å². The third kappa shape index (κ3) is 6.44. The summed E-state index contributed by atoms with van der Waals surface area (Å²) in [5, 5.41) is 1.22. The SMILES string of the molecule is CC[N+](C)(C)CCCCCCC[N@@+](C)(CC)Cc1cc2ccccc2o1. The maximum Gasteiger partial charge on any atom is 0.159 e. The summed E-state index contributed by atoms with van der Waals surface area (Å²) in [6.07, 6.45) is 6.78. The predicted octanol–water partition coefficient (Wildman–Crippen LogP) is 5.45. The Hall–Kier alpha value is -1.32. The van der Waals surface area contributed by atoms with Crippen molar-refractivity contribution in [3.05, 3.63) is 36.1 Å². The molecule has 0 radical (unpaired) electrons. The van der Waals surface area contributed by atoms with Gasteiger partial charge in [0.25, 0.3) is 0 Å². The third-order valence-corrected chi connectivity index (χ3v) is 6.10. The van der Waals surface area contributed by atoms with Crippen LogP contribution in [0.25, 0.3) is 11.0 Å². The molecule has 2 rings (SSSR count). The second kappa shape index (κ2) is 9.57. The second-order valence-electron chi connectivity index (χ2n) is 8.81. The van der Waals surface area contributed by atoms with E-state index in [1.807, 2.05) is 6.07 Å². The molecule has 0 spiro atoms. The van der Waals surface area contributed by atoms with E-state index in [0.29, 0.717) is 0 Å². The smallest absolute Gasteiger partial charge is 0.159 e. The number of fused-ring (bicyclic) bond motifs is 1. The lowest BCUT2D eigenvalue weighted by atomic mass is 10.1. The van der Waals surface area contributed by atoms with Gasteiger partial charge in [0.15, 0.2) is 5.76 Å². The van der Waals surface area contributed by atoms with Gasteiger partial charge in [0.05, 0.1) is 47.3 Å². The van der Waals surface area contributed by atoms with Gasteiger partial charge >= 0.3 is 0 Å². The second-order valence-corrected chi connectivity index (χ2v) is 8.81. The monoisotopic (exact) mass is 360 g/mol. The van der Waals surface area contributed by atoms with Crippen molar-refractivity contribution in [3.63, 3.8) is 0 Å². The fraction of sp³-hybridized carbons (Fsp3) is 0.652. The lowest BCUT2D eigenvalue weighted by Crippen LogP contribution is -2.43. The van der Waals surface area contributed by atoms with E-state index in [2.05, 4.69) is 59.3 Å². The maximum absolute atomic E-state index is 6.05. The van der Waals surface area contributed by atoms with Crippen molar-refractivity contribution in [1.29, 1.82) is 0 Å². The number of hydrogen-bond acceptors (Lipinski definition) is 1. The summed E-state index contributed by atoms with van der Waals surface area (Å²) in [5.74, 6) is 1.12. The van der Waals surface area contributed by atoms with Gasteiger partial charge in [-0.2, -0.15) is 0 Å². The Morgan fingerprint density at radius 3 is 2.12 bits per heavy atom. The number of benzene rings is 1. The van der Waals surface area contributed by atoms with E-state index in [4.69, 9.17) is 4.42 Å². The van der Waals surface area contributed by atoms with Crippen LogP contribution in [0.4, 0.5) is 0 Å². The van der Waals surface area contributed by atoms with Gasteiger partial charge in [0.1, 0.15) is 12.1 Å². The first-order chi connectivity index (χ1) is 12.4. The van der Waals surface area contributed by atoms with Crippen LogP contribution in [0.15, 0.2) is 34.7 Å². The molecule has 0 unspecified atom stereocenters. The zero-order chi connectivity index (χ0) is 19.0. The molecule has 146 valence electrons. The number of quaternary nitrogens is 2. The van der Waals surface area contributed by atoms with E-state index < -0.39 is 0 Å². The Morgan fingerprint density at radius 1 is 0.808 bits per heavy atom. The standard InChI is InChI=1S/C23H40N2O/c1-6-24(3,4)17-13-9-8-10-14-18-25(5,7-2)20-22-19-21-15-11-12-16-23(21)26-22/h11-12,15-16,19H,6-10,13-14,17-18,20H2,1-5H3/q+2/t25-/m1/s1. The summed E-state index contributed by atoms with van der Waals surface area (Å²) in [5.41, 5.74) is 1.01. The molecule has 0 bridgehead atoms. The van der Waals surface area contributed by atoms with E-state index >= 15 is 0 Å². The normalized spacial score (nSPS) is 14.7. The van der Waals surface area contributed by atoms with E-state index in [9.17, 15) is 0 Å². The molecule has 0 N–H and O–H groups in total. The molecule has 3 nitrogen and oxygen atoms in total. The fourth-order valence-electron chi connectivity index (χ4n) is 3.56. The van der Waals surface area contributed by atoms with Crippen molar-refractivity contribution in [2.45, 2.75) is 52.5 Å². The highest BCUT2D eigenvalue weighted by molar-refractivity contribution is 5.77. The summed E-state index contributed by atoms with van der Waals surface area (Å²) >= 11 is 0. The number of hydrogen-bond donors (Lipinski definition) is 0. The number of unbranched alkanes of at least 4 members (excludes halogenated alkanes) is 4. The van der Waals surface area contributed by atoms with E-state index in [0.717, 1.165) is 33.4 Å². The first kappa shape index (κ1) is 21.0. The minimum absolute atomic E-state index is 0.993. The molecule has 0 saturated carbocycles. The molecule has 26 heavy (non-hydrogen) atoms. The average Bonchev–Trinajstić information content (AvgIpc) is 3.02. The van der Waals surface area contributed by atoms with Gasteiger partial charge in [0, 0.05) is 5.39 Å². The van der Waals surface area contributed by atoms with Crippen LogP contribution in [-0.4, -0.2) is 56.3 Å². The Balaban J connectivity index is 1.72. The van der Waals surface area contributed by atoms with Crippen LogP contribution < -0.4 is 0 Å². The van der Waals surface area contributed by atoms with Crippen molar-refractivity contribution in [3.8, 4) is 0 Å². The molecule has 0 aliphatic carbocycles. The first-order valence-electron chi connectivity index (χ1n) is 10.5. The van der Waals surface area contributed by atoms with Gasteiger partial charge in [-0.1, -0.05) is 24.6 Å². The van der Waals surface area contributed by atoms with Gasteiger partial charge in [-0.25, -0.2) is 0 Å². The molecular formula is C23H40N2O+2. The molecule has 0 aliphatic rings. The molecule has 1 atom stereocenters. The number of nitrogens with zero attached hydrogens (tertiary/aromatic N) is 2. The largest absolute Gasteiger partial charge is 0.455 e. The van der Waals surface area contributed by atoms with Crippen LogP contribution in [0.1, 0.15) is 51.7 Å². The summed E-state index contributed by atoms with van der Waals surface area (Å²) < 4.78 is 8.27. The summed E-state index contributed by atoms with van der Waals surface area (Å²) in [6, 6.07) is 10.5. The zero-order valence-electron chi connectivity index (χ0n) is 17.8. The Morgan fingerprint density at radius 2 is 1.46 bits per heavy atom. The first-order valence-corrected chi connectivity index (χ1v) is 10.5. The van der Waals surface area contributed by atoms with E-state index in [1.54, 1.807) is 0 Å². The Labute approximate surface area is 160 Å². The van der Waals surface area contributed by atoms with Crippen LogP contribution >= 0.6 is 0 Å². The average molecular weight is 361 g/mol. The fourth-order valence-corrected chi connectivity index (χ4v) is 3.56. The molecule has 0 fully saturated rings. The topological polar surface area (TPSA) is 13.1 Å². The maximum atomic E-state index is 6.05. The molecule has 3 heteroatoms. The highest BCUT2D eigenvalue weighted by atomic mass is 16.3. The molecule has 1 heterocycles. The van der Waals surface area contributed by atoms with Crippen molar-refractivity contribution in [2.75, 3.05) is 47.3 Å². The lowest BCUT2D eigenvalue weighted by Gasteiger charge is -2.32. The molecule has 0 aliphatic heterocycles. The molecule has 2 aromatic rings. The quantitative estimate of drug-likeness (QED) is 0.362. The van der Waals surface area contributed by atoms with Crippen molar-refractivity contribution >= 4 is 11.0 Å². The van der Waals surface area contributed by atoms with Crippen LogP contribution in [0.3, 0.4) is 0 Å². The lowest BCUT2D eigenvalue weighted by molar-refractivity contribution is -0.922. The zero-order valence-corrected chi connectivity index (χ0v) is 17.8. The van der Waals surface area contributed by atoms with Crippen LogP contribution in [0, 0.1) is 0 Å². The van der Waals surface area contributed by atoms with Crippen molar-refractivity contribution in [1.82, 2.24) is 0 Å². The van der Waals surface area contributed by atoms with Gasteiger partial charge < -0.3 is 13.4 Å². The molecule has 0 amide bonds. The van der Waals surface area contributed by atoms with E-state index in [1.165, 1.54) is 57.1 Å². The molecular weight excluding hydrogens is 320 g/mol. The van der Waals surface area contributed by atoms with Crippen molar-refractivity contribution < 1.29 is 13.4 Å². The molecule has 1 aromatic carbocycles. The Bertz CT molecular complexity index is 628. The van der Waals surface area contributed by atoms with Crippen LogP contribution in [0.2, 0.25) is 0 Å². The number of furan rings is 1. The van der Waals surface area contributed by atoms with Gasteiger partial charge in [-0.05, 0) is 51.7 Å². The van der Waals surface area contributed by atoms with E-state index in [-0.39, 0.29) is 0 Å². The summed E-state index contributed by atoms with van der Waals surface area (Å²) in [4.78, 5) is 0. The summed E-state index contributed by atoms with van der Waals surface area (Å²) in [6.45, 7) is 10.5. The van der Waals surface area contributed by atoms with Gasteiger partial charge in [-0.15, -0.1) is 0 Å². The third-order valence-electron chi connectivity index (χ3n) is 6.10. The highest BCUT2D eigenvalue weighted by Gasteiger charge is 2.21. The summed E-state index contributed by atoms with van der Waals surface area (Å²) in [7, 11) is 7.04. The predicted molar refractivity (Wildman–Crippen MR) is 112 cm³/mol. The van der Waals surface area contributed by atoms with Crippen LogP contribution in [-0.2, 0) is 6.54 Å². The number of para-hydroxylation sites is 1. The minimum atomic E-state index is 0.993. The Kier molecular flexibility index (Phi) is 7.72. The van der Waals surface area contributed by atoms with Gasteiger partial charge in [0.2, 0.25) is 0 Å². The number of rotatable bonds is 12. The highest BCUT2D eigenvalue weighted by Crippen LogP contribution is 2.22. The van der Waals surface area contributed by atoms with Crippen LogP contribution in [0.5, 0.6) is 0 Å². The molecule has 1 aromatic heterocycles. The molecule has 0 saturated heterocycles. The minimum Gasteiger partial charge on any atom is -0.455 e. The van der Waals surface area contributed by atoms with Gasteiger partial charge in [-0.3, -0.25) is 0 Å².